The van der Waals surface area contributed by atoms with Gasteiger partial charge in [0.05, 0.1) is 19.6 Å². The highest BCUT2D eigenvalue weighted by molar-refractivity contribution is 4.77. The molecule has 0 atom stereocenters. The molecule has 0 aromatic heterocycles. The van der Waals surface area contributed by atoms with E-state index >= 15 is 0 Å². The third-order valence-corrected chi connectivity index (χ3v) is 5.41. The van der Waals surface area contributed by atoms with Crippen LogP contribution in [0.4, 0.5) is 0 Å². The summed E-state index contributed by atoms with van der Waals surface area (Å²) in [5, 5.41) is 0. The van der Waals surface area contributed by atoms with Gasteiger partial charge in [0, 0.05) is 13.1 Å². The highest BCUT2D eigenvalue weighted by atomic mass is 15.4. The molecule has 0 radical (unpaired) electrons. The second-order valence-electron chi connectivity index (χ2n) is 7.05. The van der Waals surface area contributed by atoms with Crippen LogP contribution in [0.3, 0.4) is 0 Å². The van der Waals surface area contributed by atoms with Crippen LogP contribution in [0, 0.1) is 6.54 Å². The number of nitrogens with zero attached hydrogens (tertiary/aromatic N) is 2. The Balaban J connectivity index is 1.40. The summed E-state index contributed by atoms with van der Waals surface area (Å²) in [5.41, 5.74) is 0. The highest BCUT2D eigenvalue weighted by Crippen LogP contribution is 2.24. The third kappa shape index (κ3) is 5.37. The molecule has 0 spiro atoms. The summed E-state index contributed by atoms with van der Waals surface area (Å²) in [7, 11) is 0. The largest absolute Gasteiger partial charge is 0.451 e. The van der Waals surface area contributed by atoms with E-state index in [0.717, 1.165) is 0 Å². The van der Waals surface area contributed by atoms with Crippen molar-refractivity contribution in [3.05, 3.63) is 6.54 Å². The van der Waals surface area contributed by atoms with Crippen LogP contribution in [0.1, 0.15) is 71.1 Å². The van der Waals surface area contributed by atoms with Gasteiger partial charge in [0.15, 0.2) is 0 Å². The number of quaternary nitrogens is 1. The molecule has 2 bridgehead atoms. The topological polar surface area (TPSA) is 3.24 Å². The molecule has 3 aliphatic rings. The number of rotatable bonds is 11. The van der Waals surface area contributed by atoms with E-state index in [1.54, 1.807) is 0 Å². The Hall–Kier alpha value is -0.0800. The molecule has 0 saturated carbocycles. The fourth-order valence-electron chi connectivity index (χ4n) is 3.79. The lowest BCUT2D eigenvalue weighted by molar-refractivity contribution is -0.913. The second kappa shape index (κ2) is 9.04. The maximum absolute atomic E-state index is 2.60. The van der Waals surface area contributed by atoms with Gasteiger partial charge in [-0.05, 0) is 12.8 Å². The first-order chi connectivity index (χ1) is 9.85. The smallest absolute Gasteiger partial charge is 0.0676 e. The first kappa shape index (κ1) is 16.3. The van der Waals surface area contributed by atoms with Gasteiger partial charge in [0.1, 0.15) is 0 Å². The maximum Gasteiger partial charge on any atom is 0.0676 e. The predicted octanol–water partition coefficient (Wildman–Crippen LogP) is 4.22. The average Bonchev–Trinajstić information content (AvgIpc) is 2.51. The van der Waals surface area contributed by atoms with E-state index in [0.29, 0.717) is 0 Å². The zero-order valence-corrected chi connectivity index (χ0v) is 13.8. The van der Waals surface area contributed by atoms with Crippen LogP contribution >= 0.6 is 0 Å². The zero-order valence-electron chi connectivity index (χ0n) is 13.8. The Morgan fingerprint density at radius 3 is 1.85 bits per heavy atom. The molecule has 3 saturated heterocycles. The molecular weight excluding hydrogens is 244 g/mol. The van der Waals surface area contributed by atoms with Crippen LogP contribution in [0.2, 0.25) is 0 Å². The highest BCUT2D eigenvalue weighted by Gasteiger charge is 2.30. The molecule has 0 amide bonds. The second-order valence-corrected chi connectivity index (χ2v) is 7.05. The number of hydrogen-bond donors (Lipinski definition) is 0. The quantitative estimate of drug-likeness (QED) is 0.311. The minimum atomic E-state index is 1.25. The van der Waals surface area contributed by atoms with Crippen molar-refractivity contribution in [3.8, 4) is 0 Å². The Kier molecular flexibility index (Phi) is 7.37. The van der Waals surface area contributed by atoms with Gasteiger partial charge in [-0.15, -0.1) is 6.54 Å². The van der Waals surface area contributed by atoms with Crippen LogP contribution in [0.15, 0.2) is 0 Å². The molecule has 2 heteroatoms. The molecule has 118 valence electrons. The van der Waals surface area contributed by atoms with Gasteiger partial charge in [-0.3, -0.25) is 0 Å². The van der Waals surface area contributed by atoms with Crippen molar-refractivity contribution in [1.82, 2.24) is 4.90 Å². The van der Waals surface area contributed by atoms with E-state index < -0.39 is 0 Å². The summed E-state index contributed by atoms with van der Waals surface area (Å²) in [6.07, 6.45) is 14.6. The van der Waals surface area contributed by atoms with Crippen LogP contribution in [0.25, 0.3) is 0 Å². The normalized spacial score (nSPS) is 28.9. The lowest BCUT2D eigenvalue weighted by Crippen LogP contribution is -2.64. The summed E-state index contributed by atoms with van der Waals surface area (Å²) in [5.74, 6) is 0. The molecule has 0 aromatic rings. The van der Waals surface area contributed by atoms with Crippen LogP contribution in [-0.4, -0.2) is 48.7 Å². The van der Waals surface area contributed by atoms with Gasteiger partial charge in [0.2, 0.25) is 0 Å². The van der Waals surface area contributed by atoms with E-state index in [1.165, 1.54) is 108 Å². The summed E-state index contributed by atoms with van der Waals surface area (Å²) in [4.78, 5) is 2.60. The SMILES string of the molecule is CCCCCCCCCCCC[N+]12[CH-]CN(CC1)CC2. The Morgan fingerprint density at radius 2 is 1.35 bits per heavy atom. The zero-order chi connectivity index (χ0) is 14.1. The number of hydrogen-bond acceptors (Lipinski definition) is 1. The summed E-state index contributed by atoms with van der Waals surface area (Å²) in [6, 6.07) is 0. The van der Waals surface area contributed by atoms with E-state index in [9.17, 15) is 0 Å². The number of unbranched alkanes of at least 4 members (excludes halogenated alkanes) is 9. The fraction of sp³-hybridized carbons (Fsp3) is 0.944. The first-order valence-corrected chi connectivity index (χ1v) is 9.27. The molecule has 2 nitrogen and oxygen atoms in total. The minimum Gasteiger partial charge on any atom is -0.451 e. The van der Waals surface area contributed by atoms with Crippen molar-refractivity contribution in [1.29, 1.82) is 0 Å². The Morgan fingerprint density at radius 1 is 0.800 bits per heavy atom. The van der Waals surface area contributed by atoms with E-state index in [1.807, 2.05) is 0 Å². The van der Waals surface area contributed by atoms with Crippen molar-refractivity contribution in [2.45, 2.75) is 71.1 Å². The van der Waals surface area contributed by atoms with Crippen molar-refractivity contribution >= 4 is 0 Å². The van der Waals surface area contributed by atoms with Gasteiger partial charge in [-0.25, -0.2) is 0 Å². The van der Waals surface area contributed by atoms with Gasteiger partial charge in [-0.1, -0.05) is 64.8 Å². The predicted molar refractivity (Wildman–Crippen MR) is 87.4 cm³/mol. The molecule has 3 heterocycles. The molecular formula is C18H36N2. The molecule has 3 aliphatic heterocycles. The van der Waals surface area contributed by atoms with Gasteiger partial charge in [-0.2, -0.15) is 0 Å². The lowest BCUT2D eigenvalue weighted by Gasteiger charge is -2.58. The van der Waals surface area contributed by atoms with Gasteiger partial charge < -0.3 is 9.38 Å². The monoisotopic (exact) mass is 280 g/mol. The van der Waals surface area contributed by atoms with Crippen molar-refractivity contribution in [2.75, 3.05) is 39.3 Å². The molecule has 0 aliphatic carbocycles. The average molecular weight is 280 g/mol. The van der Waals surface area contributed by atoms with Gasteiger partial charge in [0.25, 0.3) is 0 Å². The maximum atomic E-state index is 2.60. The standard InChI is InChI=1S/C18H36N2/c1-2-3-4-5-6-7-8-9-10-11-15-20-16-12-19(13-17-20)14-18-20/h16H,2-15,17-18H2,1H3. The van der Waals surface area contributed by atoms with E-state index in [4.69, 9.17) is 0 Å². The minimum absolute atomic E-state index is 1.25. The van der Waals surface area contributed by atoms with Crippen LogP contribution in [0.5, 0.6) is 0 Å². The van der Waals surface area contributed by atoms with E-state index in [-0.39, 0.29) is 0 Å². The number of fused-ring (bicyclic) bond motifs is 3. The molecule has 3 fully saturated rings. The van der Waals surface area contributed by atoms with Crippen molar-refractivity contribution in [3.63, 3.8) is 0 Å². The van der Waals surface area contributed by atoms with Crippen LogP contribution < -0.4 is 0 Å². The lowest BCUT2D eigenvalue weighted by atomic mass is 10.1. The third-order valence-electron chi connectivity index (χ3n) is 5.41. The van der Waals surface area contributed by atoms with Crippen molar-refractivity contribution < 1.29 is 4.48 Å². The van der Waals surface area contributed by atoms with Crippen LogP contribution in [-0.2, 0) is 0 Å². The molecule has 0 unspecified atom stereocenters. The van der Waals surface area contributed by atoms with Crippen molar-refractivity contribution in [2.24, 2.45) is 0 Å². The first-order valence-electron chi connectivity index (χ1n) is 9.27. The Bertz CT molecular complexity index is 230. The summed E-state index contributed by atoms with van der Waals surface area (Å²) in [6.45, 7) is 13.0. The molecule has 20 heavy (non-hydrogen) atoms. The fourth-order valence-corrected chi connectivity index (χ4v) is 3.79. The number of piperazine rings is 3. The molecule has 0 aromatic carbocycles. The molecule has 3 rings (SSSR count). The summed E-state index contributed by atoms with van der Waals surface area (Å²) >= 11 is 0. The summed E-state index contributed by atoms with van der Waals surface area (Å²) < 4.78 is 1.34. The van der Waals surface area contributed by atoms with E-state index in [2.05, 4.69) is 18.4 Å². The molecule has 0 N–H and O–H groups in total. The van der Waals surface area contributed by atoms with Gasteiger partial charge >= 0.3 is 0 Å². The Labute approximate surface area is 127 Å².